The van der Waals surface area contributed by atoms with Gasteiger partial charge in [-0.15, -0.1) is 0 Å². The molecule has 0 amide bonds. The maximum atomic E-state index is 12.3. The van der Waals surface area contributed by atoms with Crippen LogP contribution >= 0.6 is 15.6 Å². The van der Waals surface area contributed by atoms with Crippen LogP contribution < -0.4 is 11.5 Å². The van der Waals surface area contributed by atoms with Crippen LogP contribution in [-0.4, -0.2) is 146 Å². The van der Waals surface area contributed by atoms with Gasteiger partial charge in [0.25, 0.3) is 0 Å². The van der Waals surface area contributed by atoms with Crippen LogP contribution in [0.2, 0.25) is 0 Å². The molecular weight excluding hydrogens is 794 g/mol. The maximum absolute atomic E-state index is 12.3. The lowest BCUT2D eigenvalue weighted by Crippen LogP contribution is -2.26. The molecule has 21 nitrogen and oxygen atoms in total. The van der Waals surface area contributed by atoms with Crippen molar-refractivity contribution in [3.8, 4) is 0 Å². The molecule has 0 saturated carbocycles. The van der Waals surface area contributed by atoms with Crippen molar-refractivity contribution in [2.75, 3.05) is 105 Å². The molecular formula is C34H64N6O15P2. The third-order valence-electron chi connectivity index (χ3n) is 8.61. The van der Waals surface area contributed by atoms with Crippen LogP contribution in [-0.2, 0) is 55.6 Å². The van der Waals surface area contributed by atoms with Gasteiger partial charge in [0, 0.05) is 6.42 Å². The van der Waals surface area contributed by atoms with Crippen molar-refractivity contribution >= 4 is 32.6 Å². The number of phosphoric acid groups is 2. The van der Waals surface area contributed by atoms with E-state index in [0.29, 0.717) is 57.2 Å². The van der Waals surface area contributed by atoms with Crippen molar-refractivity contribution in [1.29, 1.82) is 0 Å². The zero-order chi connectivity index (χ0) is 41.0. The average molecular weight is 859 g/mol. The highest BCUT2D eigenvalue weighted by Gasteiger charge is 2.38. The predicted molar refractivity (Wildman–Crippen MR) is 207 cm³/mol. The number of aliphatic hydroxyl groups is 1. The molecule has 330 valence electrons. The van der Waals surface area contributed by atoms with Crippen molar-refractivity contribution in [2.24, 2.45) is 5.73 Å². The lowest BCUT2D eigenvalue weighted by atomic mass is 10.1. The second kappa shape index (κ2) is 29.5. The molecule has 2 unspecified atom stereocenters. The molecule has 0 bridgehead atoms. The molecule has 1 fully saturated rings. The standard InChI is InChI=1S/C34H64N6O15P2/c35-11-9-7-5-3-1-2-4-6-8-10-12-51-56(42,43)52-23-21-49-19-17-47-15-13-46-14-16-48-18-20-50-22-24-53-57(44,45)54-26-30-29(41)25-31(55-30)40-28-39-32-33(36)37-27-38-34(32)40/h27-31,41H,1-26,35H2,(H,42,43)(H,44,45)(H2,36,37,38)/t29-,30+,31+/m0/s1. The molecule has 1 aliphatic heterocycles. The summed E-state index contributed by atoms with van der Waals surface area (Å²) in [5, 5.41) is 10.4. The van der Waals surface area contributed by atoms with Gasteiger partial charge in [-0.25, -0.2) is 24.1 Å². The van der Waals surface area contributed by atoms with E-state index in [1.807, 2.05) is 0 Å². The first-order valence-corrected chi connectivity index (χ1v) is 22.7. The Balaban J connectivity index is 1.03. The van der Waals surface area contributed by atoms with Gasteiger partial charge in [-0.05, 0) is 19.4 Å². The van der Waals surface area contributed by atoms with Gasteiger partial charge in [0.1, 0.15) is 24.2 Å². The number of ether oxygens (including phenoxy) is 6. The topological polar surface area (TPSA) is 283 Å². The summed E-state index contributed by atoms with van der Waals surface area (Å²) >= 11 is 0. The number of nitrogen functional groups attached to an aromatic ring is 1. The molecule has 5 atom stereocenters. The summed E-state index contributed by atoms with van der Waals surface area (Å²) in [6.45, 7) is 3.04. The van der Waals surface area contributed by atoms with E-state index in [9.17, 15) is 24.0 Å². The molecule has 0 spiro atoms. The first-order valence-electron chi connectivity index (χ1n) is 19.7. The first kappa shape index (κ1) is 49.6. The van der Waals surface area contributed by atoms with Gasteiger partial charge in [-0.2, -0.15) is 0 Å². The first-order chi connectivity index (χ1) is 27.6. The van der Waals surface area contributed by atoms with Crippen LogP contribution in [0.5, 0.6) is 0 Å². The molecule has 2 aromatic heterocycles. The zero-order valence-corrected chi connectivity index (χ0v) is 34.6. The molecule has 7 N–H and O–H groups in total. The van der Waals surface area contributed by atoms with Crippen molar-refractivity contribution in [3.05, 3.63) is 12.7 Å². The van der Waals surface area contributed by atoms with Crippen molar-refractivity contribution in [3.63, 3.8) is 0 Å². The van der Waals surface area contributed by atoms with Crippen LogP contribution in [0.25, 0.3) is 11.2 Å². The number of nitrogens with zero attached hydrogens (tertiary/aromatic N) is 4. The number of aromatic nitrogens is 4. The molecule has 23 heteroatoms. The van der Waals surface area contributed by atoms with Crippen LogP contribution in [0, 0.1) is 0 Å². The van der Waals surface area contributed by atoms with Crippen molar-refractivity contribution < 1.29 is 70.5 Å². The monoisotopic (exact) mass is 858 g/mol. The number of imidazole rings is 1. The molecule has 2 aromatic rings. The minimum Gasteiger partial charge on any atom is -0.390 e. The highest BCUT2D eigenvalue weighted by Crippen LogP contribution is 2.44. The summed E-state index contributed by atoms with van der Waals surface area (Å²) in [6, 6.07) is 0. The number of phosphoric ester groups is 2. The smallest absolute Gasteiger partial charge is 0.390 e. The van der Waals surface area contributed by atoms with E-state index < -0.39 is 34.1 Å². The third-order valence-corrected chi connectivity index (χ3v) is 10.6. The Bertz CT molecular complexity index is 1430. The molecule has 3 heterocycles. The Morgan fingerprint density at radius 2 is 1.11 bits per heavy atom. The highest BCUT2D eigenvalue weighted by atomic mass is 31.2. The average Bonchev–Trinajstić information content (AvgIpc) is 3.79. The molecule has 1 aliphatic rings. The molecule has 0 aromatic carbocycles. The van der Waals surface area contributed by atoms with E-state index in [4.69, 9.17) is 58.0 Å². The molecule has 1 saturated heterocycles. The molecule has 57 heavy (non-hydrogen) atoms. The summed E-state index contributed by atoms with van der Waals surface area (Å²) in [5.74, 6) is 0.213. The molecule has 3 rings (SSSR count). The van der Waals surface area contributed by atoms with E-state index in [-0.39, 0.29) is 65.1 Å². The van der Waals surface area contributed by atoms with E-state index in [0.717, 1.165) is 25.8 Å². The Kier molecular flexibility index (Phi) is 25.6. The molecule has 0 aliphatic carbocycles. The fourth-order valence-corrected chi connectivity index (χ4v) is 7.06. The van der Waals surface area contributed by atoms with Gasteiger partial charge in [0.05, 0.1) is 105 Å². The lowest BCUT2D eigenvalue weighted by Gasteiger charge is -2.18. The number of fused-ring (bicyclic) bond motifs is 1. The Hall–Kier alpha value is -1.75. The highest BCUT2D eigenvalue weighted by molar-refractivity contribution is 7.47. The number of hydrogen-bond donors (Lipinski definition) is 5. The summed E-state index contributed by atoms with van der Waals surface area (Å²) in [7, 11) is -8.51. The van der Waals surface area contributed by atoms with Crippen LogP contribution in [0.15, 0.2) is 12.7 Å². The van der Waals surface area contributed by atoms with Crippen molar-refractivity contribution in [1.82, 2.24) is 19.5 Å². The van der Waals surface area contributed by atoms with E-state index in [1.165, 1.54) is 51.2 Å². The number of anilines is 1. The minimum atomic E-state index is -4.43. The van der Waals surface area contributed by atoms with Gasteiger partial charge in [0.2, 0.25) is 0 Å². The van der Waals surface area contributed by atoms with E-state index in [2.05, 4.69) is 15.0 Å². The van der Waals surface area contributed by atoms with Gasteiger partial charge >= 0.3 is 15.6 Å². The largest absolute Gasteiger partial charge is 0.472 e. The van der Waals surface area contributed by atoms with Gasteiger partial charge in [-0.1, -0.05) is 51.4 Å². The molecule has 0 radical (unpaired) electrons. The maximum Gasteiger partial charge on any atom is 0.472 e. The fraction of sp³-hybridized carbons (Fsp3) is 0.853. The lowest BCUT2D eigenvalue weighted by molar-refractivity contribution is -0.0450. The second-order valence-corrected chi connectivity index (χ2v) is 16.0. The fourth-order valence-electron chi connectivity index (χ4n) is 5.60. The number of hydrogen-bond acceptors (Lipinski definition) is 18. The summed E-state index contributed by atoms with van der Waals surface area (Å²) in [4.78, 5) is 32.0. The Morgan fingerprint density at radius 3 is 1.63 bits per heavy atom. The van der Waals surface area contributed by atoms with Gasteiger partial charge < -0.3 is 54.8 Å². The van der Waals surface area contributed by atoms with Gasteiger partial charge in [-0.3, -0.25) is 22.7 Å². The van der Waals surface area contributed by atoms with Crippen LogP contribution in [0.3, 0.4) is 0 Å². The summed E-state index contributed by atoms with van der Waals surface area (Å²) in [6.07, 6.45) is 11.7. The van der Waals surface area contributed by atoms with Crippen LogP contribution in [0.1, 0.15) is 76.9 Å². The number of unbranched alkanes of at least 4 members (excludes halogenated alkanes) is 9. The third kappa shape index (κ3) is 21.9. The second-order valence-electron chi connectivity index (χ2n) is 13.1. The summed E-state index contributed by atoms with van der Waals surface area (Å²) in [5.41, 5.74) is 12.2. The van der Waals surface area contributed by atoms with Crippen molar-refractivity contribution in [2.45, 2.75) is 89.1 Å². The zero-order valence-electron chi connectivity index (χ0n) is 32.9. The van der Waals surface area contributed by atoms with Gasteiger partial charge in [0.15, 0.2) is 11.5 Å². The minimum absolute atomic E-state index is 0.0271. The predicted octanol–water partition coefficient (Wildman–Crippen LogP) is 3.27. The Labute approximate surface area is 334 Å². The summed E-state index contributed by atoms with van der Waals surface area (Å²) < 4.78 is 78.6. The van der Waals surface area contributed by atoms with E-state index in [1.54, 1.807) is 4.57 Å². The number of aliphatic hydroxyl groups excluding tert-OH is 1. The Morgan fingerprint density at radius 1 is 0.649 bits per heavy atom. The SMILES string of the molecule is NCCCCCCCCCCCCOP(=O)(O)OCCOCCOCCOCCOCCOCCOP(=O)(O)OC[C@H]1O[C@@H](n2cnc3c(N)ncnc32)C[C@@H]1O. The number of nitrogens with two attached hydrogens (primary N) is 2. The van der Waals surface area contributed by atoms with Crippen LogP contribution in [0.4, 0.5) is 5.82 Å². The quantitative estimate of drug-likeness (QED) is 0.0481. The number of rotatable bonds is 37. The normalized spacial score (nSPS) is 19.3. The van der Waals surface area contributed by atoms with E-state index >= 15 is 0 Å².